The maximum atomic E-state index is 11.3. The van der Waals surface area contributed by atoms with Gasteiger partial charge in [-0.2, -0.15) is 5.10 Å². The fraction of sp³-hybridized carbons (Fsp3) is 0.0476. The molecule has 2 heterocycles. The Kier molecular flexibility index (Phi) is 4.84. The topological polar surface area (TPSA) is 90.3 Å². The van der Waals surface area contributed by atoms with Gasteiger partial charge < -0.3 is 0 Å². The van der Waals surface area contributed by atoms with Gasteiger partial charge in [-0.25, -0.2) is 23.1 Å². The zero-order chi connectivity index (χ0) is 20.6. The van der Waals surface area contributed by atoms with E-state index in [9.17, 15) is 8.42 Å². The predicted molar refractivity (Wildman–Crippen MR) is 112 cm³/mol. The van der Waals surface area contributed by atoms with Crippen LogP contribution in [0.4, 0.5) is 0 Å². The zero-order valence-corrected chi connectivity index (χ0v) is 16.9. The molecule has 0 aliphatic carbocycles. The number of aryl methyl sites for hydroxylation is 1. The highest BCUT2D eigenvalue weighted by Gasteiger charge is 2.10. The second kappa shape index (κ2) is 7.33. The number of aromatic nitrogens is 3. The van der Waals surface area contributed by atoms with Crippen molar-refractivity contribution < 1.29 is 8.42 Å². The first kappa shape index (κ1) is 19.2. The average Bonchev–Trinajstić information content (AvgIpc) is 3.10. The van der Waals surface area contributed by atoms with Crippen molar-refractivity contribution in [3.05, 3.63) is 82.6 Å². The molecule has 0 bridgehead atoms. The molecule has 0 atom stereocenters. The summed E-state index contributed by atoms with van der Waals surface area (Å²) >= 11 is 5.97. The number of benzene rings is 2. The van der Waals surface area contributed by atoms with Crippen LogP contribution in [0.3, 0.4) is 0 Å². The summed E-state index contributed by atoms with van der Waals surface area (Å²) in [5.74, 6) is 6.07. The van der Waals surface area contributed by atoms with E-state index < -0.39 is 10.0 Å². The lowest BCUT2D eigenvalue weighted by molar-refractivity contribution is 0.598. The van der Waals surface area contributed by atoms with Gasteiger partial charge in [0.05, 0.1) is 22.3 Å². The van der Waals surface area contributed by atoms with Crippen molar-refractivity contribution in [1.29, 1.82) is 0 Å². The summed E-state index contributed by atoms with van der Waals surface area (Å²) < 4.78 is 24.4. The lowest BCUT2D eigenvalue weighted by Crippen LogP contribution is -2.11. The van der Waals surface area contributed by atoms with E-state index in [0.29, 0.717) is 21.8 Å². The van der Waals surface area contributed by atoms with Crippen LogP contribution >= 0.6 is 11.6 Å². The first-order chi connectivity index (χ1) is 13.8. The maximum absolute atomic E-state index is 11.3. The van der Waals surface area contributed by atoms with Gasteiger partial charge in [0, 0.05) is 21.8 Å². The number of rotatable bonds is 2. The Hall–Kier alpha value is -3.18. The van der Waals surface area contributed by atoms with Crippen LogP contribution in [0.1, 0.15) is 16.8 Å². The van der Waals surface area contributed by atoms with Gasteiger partial charge in [0.2, 0.25) is 10.0 Å². The molecule has 0 saturated carbocycles. The van der Waals surface area contributed by atoms with E-state index in [1.165, 1.54) is 12.1 Å². The fourth-order valence-corrected chi connectivity index (χ4v) is 3.48. The van der Waals surface area contributed by atoms with Crippen LogP contribution in [0.15, 0.2) is 65.7 Å². The molecule has 0 aliphatic rings. The molecule has 29 heavy (non-hydrogen) atoms. The molecule has 2 N–H and O–H groups in total. The Morgan fingerprint density at radius 1 is 1.03 bits per heavy atom. The highest BCUT2D eigenvalue weighted by atomic mass is 35.5. The minimum Gasteiger partial charge on any atom is -0.227 e. The van der Waals surface area contributed by atoms with E-state index >= 15 is 0 Å². The number of nitrogens with two attached hydrogens (primary N) is 1. The third-order valence-corrected chi connectivity index (χ3v) is 5.50. The summed E-state index contributed by atoms with van der Waals surface area (Å²) in [6.45, 7) is 1.95. The van der Waals surface area contributed by atoms with Gasteiger partial charge in [0.15, 0.2) is 5.65 Å². The molecular formula is C21H15ClN4O2S. The monoisotopic (exact) mass is 422 g/mol. The first-order valence-electron chi connectivity index (χ1n) is 8.57. The second-order valence-electron chi connectivity index (χ2n) is 6.40. The highest BCUT2D eigenvalue weighted by Crippen LogP contribution is 2.22. The van der Waals surface area contributed by atoms with Crippen molar-refractivity contribution in [1.82, 2.24) is 14.6 Å². The molecule has 4 rings (SSSR count). The lowest BCUT2D eigenvalue weighted by Gasteiger charge is -2.05. The molecule has 0 spiro atoms. The molecule has 0 aliphatic heterocycles. The van der Waals surface area contributed by atoms with E-state index in [4.69, 9.17) is 21.7 Å². The molecule has 6 nitrogen and oxygen atoms in total. The standard InChI is InChI=1S/C21H15ClN4O2S/c1-14-12-20(16-6-8-18(22)9-7-16)25-21-17(13-24-26(14)21)5-2-15-3-10-19(11-4-15)29(23,27)28/h3-4,6-13H,1H3,(H2,23,27,28). The average molecular weight is 423 g/mol. The van der Waals surface area contributed by atoms with Crippen molar-refractivity contribution >= 4 is 27.3 Å². The minimum atomic E-state index is -3.72. The number of fused-ring (bicyclic) bond motifs is 1. The summed E-state index contributed by atoms with van der Waals surface area (Å²) in [4.78, 5) is 4.76. The van der Waals surface area contributed by atoms with E-state index in [2.05, 4.69) is 16.9 Å². The Balaban J connectivity index is 1.74. The molecule has 2 aromatic heterocycles. The molecular weight excluding hydrogens is 408 g/mol. The number of primary sulfonamides is 1. The van der Waals surface area contributed by atoms with Crippen LogP contribution < -0.4 is 5.14 Å². The Morgan fingerprint density at radius 2 is 1.72 bits per heavy atom. The molecule has 0 fully saturated rings. The van der Waals surface area contributed by atoms with Crippen molar-refractivity contribution in [2.75, 3.05) is 0 Å². The minimum absolute atomic E-state index is 0.0453. The largest absolute Gasteiger partial charge is 0.238 e. The van der Waals surface area contributed by atoms with Crippen LogP contribution in [0.5, 0.6) is 0 Å². The van der Waals surface area contributed by atoms with Crippen molar-refractivity contribution in [2.45, 2.75) is 11.8 Å². The van der Waals surface area contributed by atoms with Crippen molar-refractivity contribution in [3.63, 3.8) is 0 Å². The molecule has 2 aromatic carbocycles. The molecule has 0 amide bonds. The Labute approximate surface area is 173 Å². The maximum Gasteiger partial charge on any atom is 0.238 e. The lowest BCUT2D eigenvalue weighted by atomic mass is 10.1. The van der Waals surface area contributed by atoms with Gasteiger partial charge in [0.25, 0.3) is 0 Å². The summed E-state index contributed by atoms with van der Waals surface area (Å²) in [7, 11) is -3.72. The van der Waals surface area contributed by atoms with Crippen molar-refractivity contribution in [3.8, 4) is 23.1 Å². The van der Waals surface area contributed by atoms with Gasteiger partial charge in [-0.15, -0.1) is 0 Å². The molecule has 0 saturated heterocycles. The Bertz CT molecular complexity index is 1380. The van der Waals surface area contributed by atoms with Gasteiger partial charge >= 0.3 is 0 Å². The van der Waals surface area contributed by atoms with E-state index in [1.807, 2.05) is 37.3 Å². The molecule has 0 unspecified atom stereocenters. The molecule has 144 valence electrons. The number of hydrogen-bond donors (Lipinski definition) is 1. The highest BCUT2D eigenvalue weighted by molar-refractivity contribution is 7.89. The summed E-state index contributed by atoms with van der Waals surface area (Å²) in [5, 5.41) is 10.1. The second-order valence-corrected chi connectivity index (χ2v) is 8.40. The van der Waals surface area contributed by atoms with Crippen LogP contribution in [0, 0.1) is 18.8 Å². The van der Waals surface area contributed by atoms with Gasteiger partial charge in [0.1, 0.15) is 0 Å². The fourth-order valence-electron chi connectivity index (χ4n) is 2.84. The number of sulfonamides is 1. The SMILES string of the molecule is Cc1cc(-c2ccc(Cl)cc2)nc2c(C#Cc3ccc(S(N)(=O)=O)cc3)cnn12. The predicted octanol–water partition coefficient (Wildman–Crippen LogP) is 3.41. The number of hydrogen-bond acceptors (Lipinski definition) is 4. The Morgan fingerprint density at radius 3 is 2.38 bits per heavy atom. The quantitative estimate of drug-likeness (QED) is 0.501. The van der Waals surface area contributed by atoms with Gasteiger partial charge in [-0.05, 0) is 49.4 Å². The molecule has 4 aromatic rings. The molecule has 0 radical (unpaired) electrons. The summed E-state index contributed by atoms with van der Waals surface area (Å²) in [6, 6.07) is 15.5. The first-order valence-corrected chi connectivity index (χ1v) is 10.5. The number of halogens is 1. The molecule has 8 heteroatoms. The van der Waals surface area contributed by atoms with E-state index in [-0.39, 0.29) is 4.90 Å². The van der Waals surface area contributed by atoms with Crippen LogP contribution in [0.2, 0.25) is 5.02 Å². The van der Waals surface area contributed by atoms with Crippen molar-refractivity contribution in [2.24, 2.45) is 5.14 Å². The zero-order valence-electron chi connectivity index (χ0n) is 15.3. The normalized spacial score (nSPS) is 11.3. The third kappa shape index (κ3) is 4.00. The van der Waals surface area contributed by atoms with Gasteiger partial charge in [-0.3, -0.25) is 0 Å². The van der Waals surface area contributed by atoms with Gasteiger partial charge in [-0.1, -0.05) is 35.6 Å². The van der Waals surface area contributed by atoms with Crippen LogP contribution in [0.25, 0.3) is 16.9 Å². The van der Waals surface area contributed by atoms with E-state index in [1.54, 1.807) is 22.8 Å². The smallest absolute Gasteiger partial charge is 0.227 e. The summed E-state index contributed by atoms with van der Waals surface area (Å²) in [6.07, 6.45) is 1.66. The van der Waals surface area contributed by atoms with Crippen LogP contribution in [-0.2, 0) is 10.0 Å². The summed E-state index contributed by atoms with van der Waals surface area (Å²) in [5.41, 5.74) is 4.63. The number of nitrogens with zero attached hydrogens (tertiary/aromatic N) is 3. The van der Waals surface area contributed by atoms with Crippen LogP contribution in [-0.4, -0.2) is 23.0 Å². The third-order valence-electron chi connectivity index (χ3n) is 4.31. The van der Waals surface area contributed by atoms with E-state index in [0.717, 1.165) is 17.0 Å².